The summed E-state index contributed by atoms with van der Waals surface area (Å²) in [6.07, 6.45) is -2.25. The highest BCUT2D eigenvalue weighted by atomic mass is 19.4. The summed E-state index contributed by atoms with van der Waals surface area (Å²) in [6, 6.07) is 2.48. The Hall–Kier alpha value is -1.63. The van der Waals surface area contributed by atoms with Crippen LogP contribution in [-0.4, -0.2) is 19.0 Å². The normalized spacial score (nSPS) is 19.8. The number of carbonyl (C=O) groups excluding carboxylic acids is 1. The van der Waals surface area contributed by atoms with Gasteiger partial charge >= 0.3 is 6.18 Å². The summed E-state index contributed by atoms with van der Waals surface area (Å²) >= 11 is 0. The van der Waals surface area contributed by atoms with Gasteiger partial charge in [-0.3, -0.25) is 4.79 Å². The van der Waals surface area contributed by atoms with Gasteiger partial charge in [0.05, 0.1) is 5.56 Å². The van der Waals surface area contributed by atoms with Gasteiger partial charge in [-0.05, 0) is 55.5 Å². The van der Waals surface area contributed by atoms with Gasteiger partial charge in [0, 0.05) is 13.0 Å². The Bertz CT molecular complexity index is 568. The summed E-state index contributed by atoms with van der Waals surface area (Å²) in [5.74, 6) is -0.671. The van der Waals surface area contributed by atoms with Crippen LogP contribution >= 0.6 is 0 Å². The van der Waals surface area contributed by atoms with Crippen LogP contribution < -0.4 is 10.6 Å². The molecule has 134 valence electrons. The number of hydrogen-bond acceptors (Lipinski definition) is 2. The zero-order valence-electron chi connectivity index (χ0n) is 13.5. The molecular weight excluding hydrogens is 324 g/mol. The molecule has 1 aromatic carbocycles. The SMILES string of the molecule is CC(CC(=O)NCc1ccc(F)cc1C(F)(F)F)C1CCCNC1. The summed E-state index contributed by atoms with van der Waals surface area (Å²) in [4.78, 5) is 12.0. The summed E-state index contributed by atoms with van der Waals surface area (Å²) in [7, 11) is 0. The Labute approximate surface area is 138 Å². The minimum Gasteiger partial charge on any atom is -0.352 e. The van der Waals surface area contributed by atoms with Crippen molar-refractivity contribution in [1.82, 2.24) is 10.6 Å². The highest BCUT2D eigenvalue weighted by Gasteiger charge is 2.33. The van der Waals surface area contributed by atoms with E-state index in [2.05, 4.69) is 10.6 Å². The van der Waals surface area contributed by atoms with Crippen LogP contribution in [0.4, 0.5) is 17.6 Å². The lowest BCUT2D eigenvalue weighted by molar-refractivity contribution is -0.138. The van der Waals surface area contributed by atoms with E-state index < -0.39 is 17.6 Å². The second kappa shape index (κ2) is 7.96. The molecule has 2 atom stereocenters. The van der Waals surface area contributed by atoms with E-state index in [0.29, 0.717) is 12.0 Å². The van der Waals surface area contributed by atoms with Crippen LogP contribution in [0.2, 0.25) is 0 Å². The van der Waals surface area contributed by atoms with Gasteiger partial charge in [-0.25, -0.2) is 4.39 Å². The molecule has 1 heterocycles. The molecule has 24 heavy (non-hydrogen) atoms. The van der Waals surface area contributed by atoms with Crippen molar-refractivity contribution >= 4 is 5.91 Å². The number of rotatable bonds is 5. The maximum absolute atomic E-state index is 13.1. The van der Waals surface area contributed by atoms with Gasteiger partial charge in [0.2, 0.25) is 5.91 Å². The van der Waals surface area contributed by atoms with E-state index in [-0.39, 0.29) is 30.4 Å². The zero-order chi connectivity index (χ0) is 17.7. The molecule has 7 heteroatoms. The molecule has 1 amide bonds. The monoisotopic (exact) mass is 346 g/mol. The van der Waals surface area contributed by atoms with E-state index in [0.717, 1.165) is 38.1 Å². The minimum absolute atomic E-state index is 0.135. The molecule has 0 saturated carbocycles. The number of amides is 1. The Balaban J connectivity index is 1.92. The predicted octanol–water partition coefficient (Wildman–Crippen LogP) is 3.49. The van der Waals surface area contributed by atoms with Crippen LogP contribution in [0.25, 0.3) is 0 Å². The first kappa shape index (κ1) is 18.7. The third kappa shape index (κ3) is 5.19. The summed E-state index contributed by atoms with van der Waals surface area (Å²) in [5, 5.41) is 5.80. The lowest BCUT2D eigenvalue weighted by Gasteiger charge is -2.28. The number of hydrogen-bond donors (Lipinski definition) is 2. The van der Waals surface area contributed by atoms with Crippen molar-refractivity contribution in [3.8, 4) is 0 Å². The second-order valence-corrected chi connectivity index (χ2v) is 6.36. The molecular formula is C17H22F4N2O. The molecule has 2 rings (SSSR count). The molecule has 3 nitrogen and oxygen atoms in total. The van der Waals surface area contributed by atoms with E-state index in [9.17, 15) is 22.4 Å². The molecule has 1 fully saturated rings. The Kier molecular flexibility index (Phi) is 6.21. The van der Waals surface area contributed by atoms with E-state index in [4.69, 9.17) is 0 Å². The molecule has 2 unspecified atom stereocenters. The molecule has 1 aliphatic heterocycles. The van der Waals surface area contributed by atoms with Gasteiger partial charge in [0.15, 0.2) is 0 Å². The van der Waals surface area contributed by atoms with Gasteiger partial charge in [0.1, 0.15) is 5.82 Å². The highest BCUT2D eigenvalue weighted by molar-refractivity contribution is 5.76. The van der Waals surface area contributed by atoms with Crippen LogP contribution in [0.15, 0.2) is 18.2 Å². The van der Waals surface area contributed by atoms with Gasteiger partial charge < -0.3 is 10.6 Å². The first-order valence-corrected chi connectivity index (χ1v) is 8.10. The molecule has 1 saturated heterocycles. The van der Waals surface area contributed by atoms with Crippen LogP contribution in [0.5, 0.6) is 0 Å². The molecule has 0 radical (unpaired) electrons. The van der Waals surface area contributed by atoms with E-state index in [1.807, 2.05) is 6.92 Å². The Morgan fingerprint density at radius 1 is 1.42 bits per heavy atom. The number of alkyl halides is 3. The van der Waals surface area contributed by atoms with Crippen LogP contribution in [0, 0.1) is 17.7 Å². The second-order valence-electron chi connectivity index (χ2n) is 6.36. The first-order chi connectivity index (χ1) is 11.3. The van der Waals surface area contributed by atoms with E-state index >= 15 is 0 Å². The maximum atomic E-state index is 13.1. The lowest BCUT2D eigenvalue weighted by atomic mass is 9.85. The average Bonchev–Trinajstić information content (AvgIpc) is 2.53. The smallest absolute Gasteiger partial charge is 0.352 e. The molecule has 0 aromatic heterocycles. The average molecular weight is 346 g/mol. The van der Waals surface area contributed by atoms with Gasteiger partial charge in [-0.1, -0.05) is 13.0 Å². The predicted molar refractivity (Wildman–Crippen MR) is 82.6 cm³/mol. The molecule has 1 aliphatic rings. The Morgan fingerprint density at radius 3 is 2.79 bits per heavy atom. The van der Waals surface area contributed by atoms with Crippen molar-refractivity contribution in [2.75, 3.05) is 13.1 Å². The van der Waals surface area contributed by atoms with Gasteiger partial charge in [-0.2, -0.15) is 13.2 Å². The van der Waals surface area contributed by atoms with E-state index in [1.165, 1.54) is 0 Å². The zero-order valence-corrected chi connectivity index (χ0v) is 13.5. The number of nitrogens with one attached hydrogen (secondary N) is 2. The van der Waals surface area contributed by atoms with Crippen molar-refractivity contribution in [1.29, 1.82) is 0 Å². The van der Waals surface area contributed by atoms with Crippen molar-refractivity contribution in [3.63, 3.8) is 0 Å². The van der Waals surface area contributed by atoms with Crippen LogP contribution in [-0.2, 0) is 17.5 Å². The quantitative estimate of drug-likeness (QED) is 0.802. The molecule has 0 bridgehead atoms. The summed E-state index contributed by atoms with van der Waals surface area (Å²) < 4.78 is 51.8. The highest BCUT2D eigenvalue weighted by Crippen LogP contribution is 2.32. The summed E-state index contributed by atoms with van der Waals surface area (Å²) in [6.45, 7) is 3.57. The number of piperidine rings is 1. The number of carbonyl (C=O) groups is 1. The van der Waals surface area contributed by atoms with E-state index in [1.54, 1.807) is 0 Å². The topological polar surface area (TPSA) is 41.1 Å². The van der Waals surface area contributed by atoms with Crippen molar-refractivity contribution < 1.29 is 22.4 Å². The largest absolute Gasteiger partial charge is 0.416 e. The summed E-state index contributed by atoms with van der Waals surface area (Å²) in [5.41, 5.74) is -1.18. The standard InChI is InChI=1S/C17H22F4N2O/c1-11(12-3-2-6-22-9-12)7-16(24)23-10-13-4-5-14(18)8-15(13)17(19,20)21/h4-5,8,11-12,22H,2-3,6-7,9-10H2,1H3,(H,23,24). The van der Waals surface area contributed by atoms with Crippen LogP contribution in [0.1, 0.15) is 37.3 Å². The number of benzene rings is 1. The minimum atomic E-state index is -4.65. The van der Waals surface area contributed by atoms with Crippen LogP contribution in [0.3, 0.4) is 0 Å². The number of halogens is 4. The van der Waals surface area contributed by atoms with Crippen molar-refractivity contribution in [3.05, 3.63) is 35.1 Å². The first-order valence-electron chi connectivity index (χ1n) is 8.10. The fourth-order valence-electron chi connectivity index (χ4n) is 3.06. The van der Waals surface area contributed by atoms with Gasteiger partial charge in [0.25, 0.3) is 0 Å². The van der Waals surface area contributed by atoms with Gasteiger partial charge in [-0.15, -0.1) is 0 Å². The molecule has 0 aliphatic carbocycles. The lowest BCUT2D eigenvalue weighted by Crippen LogP contribution is -2.35. The van der Waals surface area contributed by atoms with Crippen molar-refractivity contribution in [2.45, 2.75) is 38.9 Å². The fraction of sp³-hybridized carbons (Fsp3) is 0.588. The molecule has 2 N–H and O–H groups in total. The molecule has 0 spiro atoms. The third-order valence-electron chi connectivity index (χ3n) is 4.50. The molecule has 1 aromatic rings. The Morgan fingerprint density at radius 2 is 2.17 bits per heavy atom. The fourth-order valence-corrected chi connectivity index (χ4v) is 3.06. The maximum Gasteiger partial charge on any atom is 0.416 e. The third-order valence-corrected chi connectivity index (χ3v) is 4.50. The van der Waals surface area contributed by atoms with Crippen molar-refractivity contribution in [2.24, 2.45) is 11.8 Å².